The lowest BCUT2D eigenvalue weighted by molar-refractivity contribution is -0.120. The number of amides is 2. The molecule has 29 heavy (non-hydrogen) atoms. The van der Waals surface area contributed by atoms with Crippen LogP contribution in [0.15, 0.2) is 23.1 Å². The molecule has 0 unspecified atom stereocenters. The van der Waals surface area contributed by atoms with Crippen molar-refractivity contribution in [2.75, 3.05) is 38.5 Å². The lowest BCUT2D eigenvalue weighted by Gasteiger charge is -2.26. The van der Waals surface area contributed by atoms with Gasteiger partial charge in [0.05, 0.1) is 29.8 Å². The van der Waals surface area contributed by atoms with Gasteiger partial charge in [-0.05, 0) is 44.9 Å². The molecule has 1 aromatic rings. The third kappa shape index (κ3) is 6.69. The van der Waals surface area contributed by atoms with Crippen molar-refractivity contribution in [3.05, 3.63) is 18.2 Å². The Balaban J connectivity index is 2.19. The minimum Gasteiger partial charge on any atom is -0.489 e. The number of rotatable bonds is 9. The van der Waals surface area contributed by atoms with Crippen molar-refractivity contribution in [1.82, 2.24) is 14.9 Å². The van der Waals surface area contributed by atoms with Crippen LogP contribution < -0.4 is 20.7 Å². The van der Waals surface area contributed by atoms with Crippen molar-refractivity contribution in [2.45, 2.75) is 44.1 Å². The maximum atomic E-state index is 13.0. The third-order valence-corrected chi connectivity index (χ3v) is 6.29. The Morgan fingerprint density at radius 1 is 1.10 bits per heavy atom. The van der Waals surface area contributed by atoms with Gasteiger partial charge in [-0.2, -0.15) is 4.31 Å². The van der Waals surface area contributed by atoms with Crippen LogP contribution in [0.5, 0.6) is 5.75 Å². The SMILES string of the molecule is CNC(=O)CNCC(=O)Nc1cc(S(=O)(=O)N2CCCCC2)ccc1OC(C)C. The number of likely N-dealkylation sites (N-methyl/N-ethyl adjacent to an activating group) is 1. The maximum Gasteiger partial charge on any atom is 0.243 e. The highest BCUT2D eigenvalue weighted by Gasteiger charge is 2.27. The number of nitrogens with one attached hydrogen (secondary N) is 3. The zero-order chi connectivity index (χ0) is 21.4. The first-order valence-electron chi connectivity index (χ1n) is 9.76. The maximum absolute atomic E-state index is 13.0. The molecule has 2 rings (SSSR count). The summed E-state index contributed by atoms with van der Waals surface area (Å²) in [6, 6.07) is 4.49. The number of carbonyl (C=O) groups is 2. The summed E-state index contributed by atoms with van der Waals surface area (Å²) in [7, 11) is -2.13. The van der Waals surface area contributed by atoms with E-state index in [2.05, 4.69) is 16.0 Å². The average Bonchev–Trinajstić information content (AvgIpc) is 2.69. The molecule has 0 radical (unpaired) electrons. The molecule has 9 nitrogen and oxygen atoms in total. The molecule has 1 saturated heterocycles. The molecule has 2 amide bonds. The van der Waals surface area contributed by atoms with Gasteiger partial charge >= 0.3 is 0 Å². The molecule has 162 valence electrons. The Labute approximate surface area is 172 Å². The Morgan fingerprint density at radius 3 is 2.38 bits per heavy atom. The van der Waals surface area contributed by atoms with Crippen molar-refractivity contribution in [3.8, 4) is 5.75 Å². The highest BCUT2D eigenvalue weighted by molar-refractivity contribution is 7.89. The van der Waals surface area contributed by atoms with Crippen molar-refractivity contribution in [2.24, 2.45) is 0 Å². The van der Waals surface area contributed by atoms with Gasteiger partial charge in [-0.25, -0.2) is 8.42 Å². The lowest BCUT2D eigenvalue weighted by atomic mass is 10.2. The minimum absolute atomic E-state index is 0.00263. The summed E-state index contributed by atoms with van der Waals surface area (Å²) in [6.07, 6.45) is 2.56. The Morgan fingerprint density at radius 2 is 1.76 bits per heavy atom. The Bertz CT molecular complexity index is 820. The van der Waals surface area contributed by atoms with Crippen LogP contribution in [-0.4, -0.2) is 63.9 Å². The topological polar surface area (TPSA) is 117 Å². The van der Waals surface area contributed by atoms with E-state index in [1.54, 1.807) is 6.07 Å². The molecule has 0 saturated carbocycles. The van der Waals surface area contributed by atoms with Crippen LogP contribution in [0.4, 0.5) is 5.69 Å². The molecular weight excluding hydrogens is 396 g/mol. The fourth-order valence-corrected chi connectivity index (χ4v) is 4.49. The molecule has 10 heteroatoms. The predicted octanol–water partition coefficient (Wildman–Crippen LogP) is 0.923. The van der Waals surface area contributed by atoms with Gasteiger partial charge in [0.15, 0.2) is 0 Å². The number of anilines is 1. The van der Waals surface area contributed by atoms with Gasteiger partial charge in [-0.3, -0.25) is 14.9 Å². The molecule has 1 heterocycles. The van der Waals surface area contributed by atoms with E-state index >= 15 is 0 Å². The second-order valence-corrected chi connectivity index (χ2v) is 9.05. The van der Waals surface area contributed by atoms with E-state index < -0.39 is 15.9 Å². The number of carbonyl (C=O) groups excluding carboxylic acids is 2. The van der Waals surface area contributed by atoms with Gasteiger partial charge in [0.1, 0.15) is 5.75 Å². The third-order valence-electron chi connectivity index (χ3n) is 4.39. The van der Waals surface area contributed by atoms with Gasteiger partial charge < -0.3 is 15.4 Å². The van der Waals surface area contributed by atoms with Gasteiger partial charge in [0.2, 0.25) is 21.8 Å². The smallest absolute Gasteiger partial charge is 0.243 e. The van der Waals surface area contributed by atoms with Crippen LogP contribution >= 0.6 is 0 Å². The number of hydrogen-bond donors (Lipinski definition) is 3. The molecular formula is C19H30N4O5S. The standard InChI is InChI=1S/C19H30N4O5S/c1-14(2)28-17-8-7-15(29(26,27)23-9-5-4-6-10-23)11-16(17)22-19(25)13-21-12-18(24)20-3/h7-8,11,14,21H,4-6,9-10,12-13H2,1-3H3,(H,20,24)(H,22,25). The van der Waals surface area contributed by atoms with Crippen molar-refractivity contribution in [3.63, 3.8) is 0 Å². The predicted molar refractivity (Wildman–Crippen MR) is 110 cm³/mol. The number of sulfonamides is 1. The molecule has 0 spiro atoms. The van der Waals surface area contributed by atoms with Gasteiger partial charge in [-0.1, -0.05) is 6.42 Å². The van der Waals surface area contributed by atoms with Gasteiger partial charge in [0, 0.05) is 20.1 Å². The van der Waals surface area contributed by atoms with Crippen LogP contribution in [0, 0.1) is 0 Å². The molecule has 1 aliphatic rings. The fraction of sp³-hybridized carbons (Fsp3) is 0.579. The van der Waals surface area contributed by atoms with Crippen molar-refractivity contribution in [1.29, 1.82) is 0 Å². The van der Waals surface area contributed by atoms with Crippen molar-refractivity contribution < 1.29 is 22.7 Å². The first-order valence-corrected chi connectivity index (χ1v) is 11.2. The second-order valence-electron chi connectivity index (χ2n) is 7.11. The van der Waals surface area contributed by atoms with E-state index in [4.69, 9.17) is 4.74 Å². The number of hydrogen-bond acceptors (Lipinski definition) is 6. The van der Waals surface area contributed by atoms with E-state index in [1.165, 1.54) is 23.5 Å². The van der Waals surface area contributed by atoms with Crippen molar-refractivity contribution >= 4 is 27.5 Å². The van der Waals surface area contributed by atoms with Gasteiger partial charge in [-0.15, -0.1) is 0 Å². The largest absolute Gasteiger partial charge is 0.489 e. The minimum atomic E-state index is -3.64. The Hall–Kier alpha value is -2.17. The van der Waals surface area contributed by atoms with E-state index in [-0.39, 0.29) is 35.7 Å². The zero-order valence-electron chi connectivity index (χ0n) is 17.2. The van der Waals surface area contributed by atoms with E-state index in [0.717, 1.165) is 19.3 Å². The summed E-state index contributed by atoms with van der Waals surface area (Å²) in [5, 5.41) is 7.85. The highest BCUT2D eigenvalue weighted by Crippen LogP contribution is 2.30. The summed E-state index contributed by atoms with van der Waals surface area (Å²) < 4.78 is 33.1. The van der Waals surface area contributed by atoms with Crippen LogP contribution in [0.3, 0.4) is 0 Å². The number of ether oxygens (including phenoxy) is 1. The molecule has 3 N–H and O–H groups in total. The average molecular weight is 427 g/mol. The molecule has 1 aromatic carbocycles. The lowest BCUT2D eigenvalue weighted by Crippen LogP contribution is -2.36. The summed E-state index contributed by atoms with van der Waals surface area (Å²) in [5.41, 5.74) is 0.281. The van der Waals surface area contributed by atoms with E-state index in [0.29, 0.717) is 18.8 Å². The first kappa shape index (κ1) is 23.1. The second kappa shape index (κ2) is 10.6. The van der Waals surface area contributed by atoms with Crippen LogP contribution in [0.25, 0.3) is 0 Å². The summed E-state index contributed by atoms with van der Waals surface area (Å²) in [5.74, 6) is -0.261. The number of benzene rings is 1. The normalized spacial score (nSPS) is 15.2. The number of piperidine rings is 1. The van der Waals surface area contributed by atoms with E-state index in [9.17, 15) is 18.0 Å². The summed E-state index contributed by atoms with van der Waals surface area (Å²) in [4.78, 5) is 23.6. The molecule has 0 bridgehead atoms. The highest BCUT2D eigenvalue weighted by atomic mass is 32.2. The van der Waals surface area contributed by atoms with Crippen LogP contribution in [0.1, 0.15) is 33.1 Å². The number of nitrogens with zero attached hydrogens (tertiary/aromatic N) is 1. The molecule has 1 fully saturated rings. The monoisotopic (exact) mass is 426 g/mol. The van der Waals surface area contributed by atoms with E-state index in [1.807, 2.05) is 13.8 Å². The van der Waals surface area contributed by atoms with Gasteiger partial charge in [0.25, 0.3) is 0 Å². The van der Waals surface area contributed by atoms with Crippen LogP contribution in [0.2, 0.25) is 0 Å². The molecule has 0 atom stereocenters. The fourth-order valence-electron chi connectivity index (χ4n) is 2.95. The molecule has 1 aliphatic heterocycles. The summed E-state index contributed by atoms with van der Waals surface area (Å²) in [6.45, 7) is 4.58. The quantitative estimate of drug-likeness (QED) is 0.541. The summed E-state index contributed by atoms with van der Waals surface area (Å²) >= 11 is 0. The molecule has 0 aliphatic carbocycles. The van der Waals surface area contributed by atoms with Crippen LogP contribution in [-0.2, 0) is 19.6 Å². The molecule has 0 aromatic heterocycles. The Kier molecular flexibility index (Phi) is 8.42. The zero-order valence-corrected chi connectivity index (χ0v) is 18.0. The first-order chi connectivity index (χ1) is 13.7.